The van der Waals surface area contributed by atoms with Gasteiger partial charge in [0.25, 0.3) is 0 Å². The zero-order valence-electron chi connectivity index (χ0n) is 11.4. The molecule has 0 amide bonds. The molecule has 0 radical (unpaired) electrons. The maximum absolute atomic E-state index is 11.3. The van der Waals surface area contributed by atoms with Crippen LogP contribution in [0.3, 0.4) is 0 Å². The summed E-state index contributed by atoms with van der Waals surface area (Å²) in [6.07, 6.45) is 1.61. The van der Waals surface area contributed by atoms with E-state index in [0.29, 0.717) is 12.3 Å². The van der Waals surface area contributed by atoms with Crippen LogP contribution in [0.4, 0.5) is 0 Å². The van der Waals surface area contributed by atoms with Crippen LogP contribution >= 0.6 is 15.9 Å². The van der Waals surface area contributed by atoms with Crippen LogP contribution in [0.5, 0.6) is 0 Å². The van der Waals surface area contributed by atoms with Crippen molar-refractivity contribution in [1.82, 2.24) is 0 Å². The topological polar surface area (TPSA) is 37.3 Å². The van der Waals surface area contributed by atoms with Gasteiger partial charge < -0.3 is 5.11 Å². The summed E-state index contributed by atoms with van der Waals surface area (Å²) in [5.74, 6) is -0.361. The van der Waals surface area contributed by atoms with E-state index in [-0.39, 0.29) is 5.41 Å². The first-order chi connectivity index (χ1) is 10.1. The SMILES string of the molecule is O=C(O)C(Br)CC12CC(c3ccccc31)c1ccccc12. The van der Waals surface area contributed by atoms with Crippen LogP contribution < -0.4 is 0 Å². The number of aliphatic carboxylic acids is 1. The van der Waals surface area contributed by atoms with Crippen molar-refractivity contribution < 1.29 is 9.90 Å². The molecule has 4 rings (SSSR count). The highest BCUT2D eigenvalue weighted by Crippen LogP contribution is 2.62. The van der Waals surface area contributed by atoms with Crippen LogP contribution in [0.15, 0.2) is 48.5 Å². The summed E-state index contributed by atoms with van der Waals surface area (Å²) in [7, 11) is 0. The van der Waals surface area contributed by atoms with E-state index in [2.05, 4.69) is 64.5 Å². The average molecular weight is 343 g/mol. The number of rotatable bonds is 3. The fourth-order valence-electron chi connectivity index (χ4n) is 4.27. The third kappa shape index (κ3) is 1.67. The molecule has 21 heavy (non-hydrogen) atoms. The number of hydrogen-bond donors (Lipinski definition) is 1. The minimum absolute atomic E-state index is 0.148. The van der Waals surface area contributed by atoms with Gasteiger partial charge in [-0.15, -0.1) is 0 Å². The number of benzene rings is 2. The van der Waals surface area contributed by atoms with E-state index in [1.54, 1.807) is 0 Å². The zero-order chi connectivity index (χ0) is 14.6. The number of carbonyl (C=O) groups is 1. The summed E-state index contributed by atoms with van der Waals surface area (Å²) >= 11 is 3.35. The van der Waals surface area contributed by atoms with Crippen molar-refractivity contribution in [2.75, 3.05) is 0 Å². The smallest absolute Gasteiger partial charge is 0.317 e. The average Bonchev–Trinajstić information content (AvgIpc) is 3.00. The van der Waals surface area contributed by atoms with Crippen molar-refractivity contribution in [3.63, 3.8) is 0 Å². The van der Waals surface area contributed by atoms with E-state index >= 15 is 0 Å². The molecule has 3 heteroatoms. The molecule has 1 unspecified atom stereocenters. The molecule has 0 spiro atoms. The Bertz CT molecular complexity index is 690. The van der Waals surface area contributed by atoms with Crippen LogP contribution in [-0.2, 0) is 10.2 Å². The maximum atomic E-state index is 11.3. The Morgan fingerprint density at radius 3 is 2.19 bits per heavy atom. The Morgan fingerprint density at radius 2 is 1.67 bits per heavy atom. The van der Waals surface area contributed by atoms with Crippen LogP contribution in [0, 0.1) is 0 Å². The normalized spacial score (nSPS) is 26.2. The fourth-order valence-corrected chi connectivity index (χ4v) is 4.82. The Balaban J connectivity index is 1.92. The monoisotopic (exact) mass is 342 g/mol. The van der Waals surface area contributed by atoms with Gasteiger partial charge in [-0.25, -0.2) is 0 Å². The van der Waals surface area contributed by atoms with Crippen LogP contribution in [0.25, 0.3) is 0 Å². The van der Waals surface area contributed by atoms with Crippen LogP contribution in [-0.4, -0.2) is 15.9 Å². The molecular formula is C18H15BrO2. The van der Waals surface area contributed by atoms with Gasteiger partial charge in [0, 0.05) is 11.3 Å². The van der Waals surface area contributed by atoms with Gasteiger partial charge >= 0.3 is 5.97 Å². The molecule has 2 aliphatic rings. The minimum Gasteiger partial charge on any atom is -0.480 e. The number of hydrogen-bond acceptors (Lipinski definition) is 1. The first-order valence-corrected chi connectivity index (χ1v) is 8.11. The molecule has 2 aliphatic carbocycles. The van der Waals surface area contributed by atoms with Crippen molar-refractivity contribution in [3.05, 3.63) is 70.8 Å². The van der Waals surface area contributed by atoms with E-state index in [9.17, 15) is 9.90 Å². The maximum Gasteiger partial charge on any atom is 0.317 e. The van der Waals surface area contributed by atoms with Gasteiger partial charge in [0.05, 0.1) is 0 Å². The number of halogens is 1. The van der Waals surface area contributed by atoms with Gasteiger partial charge in [0.1, 0.15) is 4.83 Å². The molecule has 2 aromatic carbocycles. The highest BCUT2D eigenvalue weighted by Gasteiger charge is 2.53. The molecule has 0 saturated heterocycles. The summed E-state index contributed by atoms with van der Waals surface area (Å²) < 4.78 is 0. The van der Waals surface area contributed by atoms with Gasteiger partial charge in [-0.2, -0.15) is 0 Å². The predicted octanol–water partition coefficient (Wildman–Crippen LogP) is 4.06. The third-order valence-corrected chi connectivity index (χ3v) is 5.77. The number of alkyl halides is 1. The number of carboxylic acids is 1. The van der Waals surface area contributed by atoms with Crippen LogP contribution in [0.2, 0.25) is 0 Å². The summed E-state index contributed by atoms with van der Waals surface area (Å²) in [6.45, 7) is 0. The summed E-state index contributed by atoms with van der Waals surface area (Å²) in [6, 6.07) is 17.0. The molecule has 1 N–H and O–H groups in total. The Hall–Kier alpha value is -1.61. The van der Waals surface area contributed by atoms with Gasteiger partial charge in [0.2, 0.25) is 0 Å². The highest BCUT2D eigenvalue weighted by molar-refractivity contribution is 9.10. The molecule has 0 fully saturated rings. The van der Waals surface area contributed by atoms with Crippen molar-refractivity contribution in [3.8, 4) is 0 Å². The predicted molar refractivity (Wildman–Crippen MR) is 85.1 cm³/mol. The first kappa shape index (κ1) is 13.1. The molecule has 2 bridgehead atoms. The third-order valence-electron chi connectivity index (χ3n) is 5.05. The molecule has 2 aromatic rings. The van der Waals surface area contributed by atoms with Gasteiger partial charge in [0.15, 0.2) is 0 Å². The second kappa shape index (κ2) is 4.44. The summed E-state index contributed by atoms with van der Waals surface area (Å²) in [4.78, 5) is 10.8. The quantitative estimate of drug-likeness (QED) is 0.854. The lowest BCUT2D eigenvalue weighted by atomic mass is 9.72. The molecule has 2 nitrogen and oxygen atoms in total. The van der Waals surface area contributed by atoms with Crippen molar-refractivity contribution in [2.24, 2.45) is 0 Å². The highest BCUT2D eigenvalue weighted by atomic mass is 79.9. The largest absolute Gasteiger partial charge is 0.480 e. The Labute approximate surface area is 131 Å². The lowest BCUT2D eigenvalue weighted by Crippen LogP contribution is -2.30. The summed E-state index contributed by atoms with van der Waals surface area (Å²) in [5, 5.41) is 9.31. The standard InChI is InChI=1S/C18H15BrO2/c19-16(17(20)21)10-18-9-13(11-5-1-3-7-14(11)18)12-6-2-4-8-15(12)18/h1-8,13,16H,9-10H2,(H,20,21). The Kier molecular flexibility index (Phi) is 2.77. The van der Waals surface area contributed by atoms with Crippen molar-refractivity contribution in [1.29, 1.82) is 0 Å². The van der Waals surface area contributed by atoms with E-state index in [1.807, 2.05) is 0 Å². The van der Waals surface area contributed by atoms with E-state index in [4.69, 9.17) is 0 Å². The second-order valence-corrected chi connectivity index (χ2v) is 7.13. The molecule has 0 aromatic heterocycles. The Morgan fingerprint density at radius 1 is 1.14 bits per heavy atom. The fraction of sp³-hybridized carbons (Fsp3) is 0.278. The summed E-state index contributed by atoms with van der Waals surface area (Å²) in [5.41, 5.74) is 5.24. The molecule has 1 atom stereocenters. The molecule has 106 valence electrons. The van der Waals surface area contributed by atoms with Crippen molar-refractivity contribution in [2.45, 2.75) is 29.0 Å². The number of fused-ring (bicyclic) bond motifs is 8. The van der Waals surface area contributed by atoms with E-state index in [1.165, 1.54) is 22.3 Å². The molecular weight excluding hydrogens is 328 g/mol. The second-order valence-electron chi connectivity index (χ2n) is 6.02. The number of carboxylic acid groups (broad SMARTS) is 1. The van der Waals surface area contributed by atoms with E-state index in [0.717, 1.165) is 6.42 Å². The molecule has 0 saturated carbocycles. The van der Waals surface area contributed by atoms with Gasteiger partial charge in [-0.1, -0.05) is 64.5 Å². The zero-order valence-corrected chi connectivity index (χ0v) is 13.0. The lowest BCUT2D eigenvalue weighted by Gasteiger charge is -2.32. The molecule has 0 aliphatic heterocycles. The van der Waals surface area contributed by atoms with Crippen molar-refractivity contribution >= 4 is 21.9 Å². The van der Waals surface area contributed by atoms with Gasteiger partial charge in [-0.3, -0.25) is 4.79 Å². The first-order valence-electron chi connectivity index (χ1n) is 7.19. The van der Waals surface area contributed by atoms with E-state index < -0.39 is 10.8 Å². The minimum atomic E-state index is -0.783. The van der Waals surface area contributed by atoms with Crippen LogP contribution in [0.1, 0.15) is 41.0 Å². The lowest BCUT2D eigenvalue weighted by molar-refractivity contribution is -0.136. The molecule has 0 heterocycles. The van der Waals surface area contributed by atoms with Gasteiger partial charge in [-0.05, 0) is 35.1 Å².